The first-order valence-electron chi connectivity index (χ1n) is 7.08. The van der Waals surface area contributed by atoms with Gasteiger partial charge < -0.3 is 10.6 Å². The Kier molecular flexibility index (Phi) is 4.91. The molecule has 1 amide bonds. The molecule has 19 heavy (non-hydrogen) atoms. The number of aryl methyl sites for hydroxylation is 2. The van der Waals surface area contributed by atoms with Gasteiger partial charge in [-0.3, -0.25) is 9.78 Å². The zero-order chi connectivity index (χ0) is 13.7. The molecule has 0 aliphatic carbocycles. The van der Waals surface area contributed by atoms with Crippen LogP contribution in [0.2, 0.25) is 0 Å². The van der Waals surface area contributed by atoms with Crippen molar-refractivity contribution in [2.75, 3.05) is 20.1 Å². The lowest BCUT2D eigenvalue weighted by Gasteiger charge is -2.23. The molecule has 2 rings (SSSR count). The Balaban J connectivity index is 2.07. The molecule has 0 spiro atoms. The summed E-state index contributed by atoms with van der Waals surface area (Å²) in [7, 11) is 1.68. The van der Waals surface area contributed by atoms with E-state index in [1.807, 2.05) is 6.92 Å². The molecule has 0 atom stereocenters. The monoisotopic (exact) mass is 261 g/mol. The minimum atomic E-state index is 0.0953. The highest BCUT2D eigenvalue weighted by Gasteiger charge is 2.17. The first kappa shape index (κ1) is 14.0. The highest BCUT2D eigenvalue weighted by molar-refractivity contribution is 5.75. The Morgan fingerprint density at radius 3 is 2.84 bits per heavy atom. The van der Waals surface area contributed by atoms with Crippen molar-refractivity contribution < 1.29 is 4.79 Å². The highest BCUT2D eigenvalue weighted by Crippen LogP contribution is 2.25. The molecule has 1 aliphatic rings. The molecule has 2 N–H and O–H groups in total. The molecule has 0 saturated carbocycles. The van der Waals surface area contributed by atoms with Crippen molar-refractivity contribution in [3.8, 4) is 0 Å². The van der Waals surface area contributed by atoms with Gasteiger partial charge in [-0.05, 0) is 57.0 Å². The van der Waals surface area contributed by atoms with Gasteiger partial charge in [-0.25, -0.2) is 0 Å². The molecule has 4 heteroatoms. The molecule has 2 heterocycles. The number of carbonyl (C=O) groups is 1. The zero-order valence-corrected chi connectivity index (χ0v) is 11.8. The molecular weight excluding hydrogens is 238 g/mol. The van der Waals surface area contributed by atoms with Crippen molar-refractivity contribution >= 4 is 5.91 Å². The van der Waals surface area contributed by atoms with Gasteiger partial charge in [0, 0.05) is 30.8 Å². The van der Waals surface area contributed by atoms with Gasteiger partial charge in [0.05, 0.1) is 0 Å². The second-order valence-electron chi connectivity index (χ2n) is 5.24. The molecule has 104 valence electrons. The van der Waals surface area contributed by atoms with Gasteiger partial charge in [0.25, 0.3) is 0 Å². The van der Waals surface area contributed by atoms with Gasteiger partial charge >= 0.3 is 0 Å². The molecule has 0 radical (unpaired) electrons. The fourth-order valence-corrected chi connectivity index (χ4v) is 2.62. The quantitative estimate of drug-likeness (QED) is 0.864. The van der Waals surface area contributed by atoms with E-state index in [1.165, 1.54) is 11.3 Å². The van der Waals surface area contributed by atoms with Crippen LogP contribution in [0, 0.1) is 6.92 Å². The normalized spacial score (nSPS) is 16.3. The molecule has 0 aromatic carbocycles. The number of nitrogens with one attached hydrogen (secondary N) is 2. The summed E-state index contributed by atoms with van der Waals surface area (Å²) in [6, 6.07) is 4.28. The Morgan fingerprint density at radius 2 is 2.16 bits per heavy atom. The summed E-state index contributed by atoms with van der Waals surface area (Å²) in [5, 5.41) is 6.05. The number of aromatic nitrogens is 1. The minimum absolute atomic E-state index is 0.0953. The lowest BCUT2D eigenvalue weighted by Crippen LogP contribution is -2.27. The average molecular weight is 261 g/mol. The van der Waals surface area contributed by atoms with Crippen molar-refractivity contribution in [2.45, 2.75) is 38.5 Å². The van der Waals surface area contributed by atoms with Crippen molar-refractivity contribution in [1.82, 2.24) is 15.6 Å². The largest absolute Gasteiger partial charge is 0.359 e. The summed E-state index contributed by atoms with van der Waals surface area (Å²) in [4.78, 5) is 16.0. The number of hydrogen-bond acceptors (Lipinski definition) is 3. The summed E-state index contributed by atoms with van der Waals surface area (Å²) in [5.74, 6) is 0.665. The Labute approximate surface area is 115 Å². The van der Waals surface area contributed by atoms with Crippen molar-refractivity contribution in [1.29, 1.82) is 0 Å². The summed E-state index contributed by atoms with van der Waals surface area (Å²) in [5.41, 5.74) is 3.49. The SMILES string of the molecule is CNC(=O)CCc1cc(C)nc(C2CCNCC2)c1. The molecule has 0 bridgehead atoms. The fraction of sp³-hybridized carbons (Fsp3) is 0.600. The highest BCUT2D eigenvalue weighted by atomic mass is 16.1. The van der Waals surface area contributed by atoms with Crippen LogP contribution in [0.5, 0.6) is 0 Å². The third-order valence-corrected chi connectivity index (χ3v) is 3.71. The van der Waals surface area contributed by atoms with Gasteiger partial charge in [-0.15, -0.1) is 0 Å². The number of amides is 1. The Morgan fingerprint density at radius 1 is 1.42 bits per heavy atom. The average Bonchev–Trinajstić information content (AvgIpc) is 2.45. The van der Waals surface area contributed by atoms with E-state index in [-0.39, 0.29) is 5.91 Å². The fourth-order valence-electron chi connectivity index (χ4n) is 2.62. The topological polar surface area (TPSA) is 54.0 Å². The van der Waals surface area contributed by atoms with Gasteiger partial charge in [-0.1, -0.05) is 0 Å². The molecular formula is C15H23N3O. The van der Waals surface area contributed by atoms with E-state index in [0.29, 0.717) is 12.3 Å². The van der Waals surface area contributed by atoms with Crippen LogP contribution in [0.4, 0.5) is 0 Å². The Bertz CT molecular complexity index is 439. The third kappa shape index (κ3) is 4.03. The second kappa shape index (κ2) is 6.66. The minimum Gasteiger partial charge on any atom is -0.359 e. The standard InChI is InChI=1S/C15H23N3O/c1-11-9-12(3-4-15(19)16-2)10-14(18-11)13-5-7-17-8-6-13/h9-10,13,17H,3-8H2,1-2H3,(H,16,19). The number of pyridine rings is 1. The van der Waals surface area contributed by atoms with Crippen molar-refractivity contribution in [2.24, 2.45) is 0 Å². The van der Waals surface area contributed by atoms with E-state index in [1.54, 1.807) is 7.05 Å². The molecule has 1 fully saturated rings. The predicted octanol–water partition coefficient (Wildman–Crippen LogP) is 1.54. The Hall–Kier alpha value is -1.42. The summed E-state index contributed by atoms with van der Waals surface area (Å²) in [6.07, 6.45) is 3.66. The maximum absolute atomic E-state index is 11.3. The van der Waals surface area contributed by atoms with E-state index in [2.05, 4.69) is 27.8 Å². The number of hydrogen-bond donors (Lipinski definition) is 2. The maximum Gasteiger partial charge on any atom is 0.220 e. The number of nitrogens with zero attached hydrogens (tertiary/aromatic N) is 1. The van der Waals surface area contributed by atoms with E-state index in [9.17, 15) is 4.79 Å². The molecule has 4 nitrogen and oxygen atoms in total. The number of rotatable bonds is 4. The second-order valence-corrected chi connectivity index (χ2v) is 5.24. The number of carbonyl (C=O) groups excluding carboxylic acids is 1. The predicted molar refractivity (Wildman–Crippen MR) is 76.2 cm³/mol. The summed E-state index contributed by atoms with van der Waals surface area (Å²) < 4.78 is 0. The van der Waals surface area contributed by atoms with Crippen molar-refractivity contribution in [3.05, 3.63) is 29.1 Å². The van der Waals surface area contributed by atoms with Crippen LogP contribution in [0.15, 0.2) is 12.1 Å². The molecule has 1 saturated heterocycles. The summed E-state index contributed by atoms with van der Waals surface area (Å²) >= 11 is 0. The van der Waals surface area contributed by atoms with Gasteiger partial charge in [-0.2, -0.15) is 0 Å². The third-order valence-electron chi connectivity index (χ3n) is 3.71. The lowest BCUT2D eigenvalue weighted by molar-refractivity contribution is -0.120. The van der Waals surface area contributed by atoms with Gasteiger partial charge in [0.15, 0.2) is 0 Å². The van der Waals surface area contributed by atoms with Crippen molar-refractivity contribution in [3.63, 3.8) is 0 Å². The van der Waals surface area contributed by atoms with E-state index < -0.39 is 0 Å². The van der Waals surface area contributed by atoms with Crippen LogP contribution in [-0.2, 0) is 11.2 Å². The van der Waals surface area contributed by atoms with Gasteiger partial charge in [0.2, 0.25) is 5.91 Å². The van der Waals surface area contributed by atoms with Crippen LogP contribution < -0.4 is 10.6 Å². The lowest BCUT2D eigenvalue weighted by atomic mass is 9.92. The van der Waals surface area contributed by atoms with Crippen LogP contribution >= 0.6 is 0 Å². The van der Waals surface area contributed by atoms with E-state index >= 15 is 0 Å². The zero-order valence-electron chi connectivity index (χ0n) is 11.8. The first-order valence-corrected chi connectivity index (χ1v) is 7.08. The van der Waals surface area contributed by atoms with E-state index in [4.69, 9.17) is 0 Å². The van der Waals surface area contributed by atoms with Crippen LogP contribution in [0.3, 0.4) is 0 Å². The molecule has 1 aromatic rings. The maximum atomic E-state index is 11.3. The van der Waals surface area contributed by atoms with Crippen LogP contribution in [0.1, 0.15) is 42.1 Å². The van der Waals surface area contributed by atoms with Crippen LogP contribution in [-0.4, -0.2) is 31.0 Å². The molecule has 0 unspecified atom stereocenters. The number of piperidine rings is 1. The first-order chi connectivity index (χ1) is 9.19. The smallest absolute Gasteiger partial charge is 0.220 e. The molecule has 1 aliphatic heterocycles. The van der Waals surface area contributed by atoms with E-state index in [0.717, 1.165) is 38.0 Å². The van der Waals surface area contributed by atoms with Crippen LogP contribution in [0.25, 0.3) is 0 Å². The van der Waals surface area contributed by atoms with Gasteiger partial charge in [0.1, 0.15) is 0 Å². The molecule has 1 aromatic heterocycles. The summed E-state index contributed by atoms with van der Waals surface area (Å²) in [6.45, 7) is 4.19.